The van der Waals surface area contributed by atoms with Gasteiger partial charge in [-0.1, -0.05) is 31.9 Å². The van der Waals surface area contributed by atoms with Gasteiger partial charge in [0.25, 0.3) is 0 Å². The zero-order valence-corrected chi connectivity index (χ0v) is 8.86. The molecule has 0 radical (unpaired) electrons. The Morgan fingerprint density at radius 2 is 2.36 bits per heavy atom. The van der Waals surface area contributed by atoms with Crippen molar-refractivity contribution in [2.45, 2.75) is 38.7 Å². The molecular weight excluding hydrogens is 176 g/mol. The molecule has 0 aliphatic heterocycles. The standard InChI is InChI=1S/C12H18O2/c1-3-4-5-6-7-10-11(13)8-9-12(10,2)14/h6-10,14H,3-5H2,1-2H3. The molecule has 1 rings (SSSR count). The minimum atomic E-state index is -0.986. The van der Waals surface area contributed by atoms with Crippen LogP contribution in [0.1, 0.15) is 33.1 Å². The summed E-state index contributed by atoms with van der Waals surface area (Å²) in [5.74, 6) is -0.373. The van der Waals surface area contributed by atoms with Crippen molar-refractivity contribution >= 4 is 5.78 Å². The van der Waals surface area contributed by atoms with E-state index in [0.717, 1.165) is 19.3 Å². The summed E-state index contributed by atoms with van der Waals surface area (Å²) in [5.41, 5.74) is -0.986. The number of allylic oxidation sites excluding steroid dienone is 2. The highest BCUT2D eigenvalue weighted by molar-refractivity contribution is 5.97. The Balaban J connectivity index is 2.52. The molecule has 0 aromatic heterocycles. The predicted octanol–water partition coefficient (Wildman–Crippen LogP) is 2.24. The fourth-order valence-corrected chi connectivity index (χ4v) is 1.59. The first-order chi connectivity index (χ1) is 6.58. The second-order valence-corrected chi connectivity index (χ2v) is 4.01. The van der Waals surface area contributed by atoms with Gasteiger partial charge in [-0.3, -0.25) is 4.79 Å². The van der Waals surface area contributed by atoms with Crippen molar-refractivity contribution in [2.75, 3.05) is 0 Å². The van der Waals surface area contributed by atoms with Gasteiger partial charge in [0.1, 0.15) is 0 Å². The average molecular weight is 194 g/mol. The van der Waals surface area contributed by atoms with Crippen LogP contribution < -0.4 is 0 Å². The average Bonchev–Trinajstić information content (AvgIpc) is 2.38. The number of unbranched alkanes of at least 4 members (excludes halogenated alkanes) is 2. The van der Waals surface area contributed by atoms with Crippen LogP contribution in [0.5, 0.6) is 0 Å². The summed E-state index contributed by atoms with van der Waals surface area (Å²) in [4.78, 5) is 11.4. The molecule has 0 bridgehead atoms. The Bertz CT molecular complexity index is 261. The van der Waals surface area contributed by atoms with Gasteiger partial charge in [-0.25, -0.2) is 0 Å². The van der Waals surface area contributed by atoms with Crippen molar-refractivity contribution in [3.63, 3.8) is 0 Å². The first kappa shape index (κ1) is 11.2. The lowest BCUT2D eigenvalue weighted by Crippen LogP contribution is -2.30. The molecule has 0 spiro atoms. The molecule has 2 atom stereocenters. The van der Waals surface area contributed by atoms with Gasteiger partial charge < -0.3 is 5.11 Å². The molecule has 0 amide bonds. The molecule has 0 saturated heterocycles. The molecule has 0 saturated carbocycles. The first-order valence-electron chi connectivity index (χ1n) is 5.20. The molecule has 0 fully saturated rings. The van der Waals surface area contributed by atoms with Gasteiger partial charge >= 0.3 is 0 Å². The topological polar surface area (TPSA) is 37.3 Å². The summed E-state index contributed by atoms with van der Waals surface area (Å²) < 4.78 is 0. The molecule has 1 aliphatic rings. The predicted molar refractivity (Wildman–Crippen MR) is 56.9 cm³/mol. The zero-order valence-electron chi connectivity index (χ0n) is 8.86. The molecule has 0 heterocycles. The molecule has 2 heteroatoms. The van der Waals surface area contributed by atoms with Crippen molar-refractivity contribution in [3.05, 3.63) is 24.3 Å². The highest BCUT2D eigenvalue weighted by Gasteiger charge is 2.36. The number of hydrogen-bond donors (Lipinski definition) is 1. The minimum Gasteiger partial charge on any atom is -0.385 e. The Hall–Kier alpha value is -0.890. The van der Waals surface area contributed by atoms with Crippen LogP contribution in [0.2, 0.25) is 0 Å². The number of carbonyl (C=O) groups excluding carboxylic acids is 1. The SMILES string of the molecule is CCCCC=CC1C(=O)C=CC1(C)O. The van der Waals surface area contributed by atoms with Crippen LogP contribution in [0, 0.1) is 5.92 Å². The van der Waals surface area contributed by atoms with E-state index >= 15 is 0 Å². The lowest BCUT2D eigenvalue weighted by Gasteiger charge is -2.20. The van der Waals surface area contributed by atoms with Gasteiger partial charge in [0.2, 0.25) is 0 Å². The number of aliphatic hydroxyl groups is 1. The van der Waals surface area contributed by atoms with E-state index in [9.17, 15) is 9.90 Å². The van der Waals surface area contributed by atoms with Crippen molar-refractivity contribution < 1.29 is 9.90 Å². The van der Waals surface area contributed by atoms with Gasteiger partial charge in [0, 0.05) is 0 Å². The summed E-state index contributed by atoms with van der Waals surface area (Å²) in [6.07, 6.45) is 10.1. The first-order valence-corrected chi connectivity index (χ1v) is 5.20. The summed E-state index contributed by atoms with van der Waals surface area (Å²) in [7, 11) is 0. The van der Waals surface area contributed by atoms with Crippen LogP contribution >= 0.6 is 0 Å². The highest BCUT2D eigenvalue weighted by Crippen LogP contribution is 2.27. The second-order valence-electron chi connectivity index (χ2n) is 4.01. The Morgan fingerprint density at radius 1 is 1.64 bits per heavy atom. The van der Waals surface area contributed by atoms with E-state index in [1.807, 2.05) is 12.2 Å². The number of hydrogen-bond acceptors (Lipinski definition) is 2. The fraction of sp³-hybridized carbons (Fsp3) is 0.583. The monoisotopic (exact) mass is 194 g/mol. The third kappa shape index (κ3) is 2.55. The third-order valence-electron chi connectivity index (χ3n) is 2.57. The normalized spacial score (nSPS) is 31.9. The molecule has 1 N–H and O–H groups in total. The van der Waals surface area contributed by atoms with Crippen molar-refractivity contribution in [2.24, 2.45) is 5.92 Å². The quantitative estimate of drug-likeness (QED) is 0.550. The summed E-state index contributed by atoms with van der Waals surface area (Å²) >= 11 is 0. The van der Waals surface area contributed by atoms with Crippen LogP contribution in [0.25, 0.3) is 0 Å². The Morgan fingerprint density at radius 3 is 2.86 bits per heavy atom. The van der Waals surface area contributed by atoms with Gasteiger partial charge in [-0.2, -0.15) is 0 Å². The lowest BCUT2D eigenvalue weighted by atomic mass is 9.91. The van der Waals surface area contributed by atoms with E-state index in [0.29, 0.717) is 0 Å². The molecule has 0 aromatic rings. The number of ketones is 1. The summed E-state index contributed by atoms with van der Waals surface area (Å²) in [6.45, 7) is 3.80. The van der Waals surface area contributed by atoms with Gasteiger partial charge in [0.05, 0.1) is 11.5 Å². The van der Waals surface area contributed by atoms with Gasteiger partial charge in [0.15, 0.2) is 5.78 Å². The van der Waals surface area contributed by atoms with E-state index in [4.69, 9.17) is 0 Å². The van der Waals surface area contributed by atoms with Gasteiger partial charge in [-0.15, -0.1) is 0 Å². The smallest absolute Gasteiger partial charge is 0.165 e. The molecule has 2 nitrogen and oxygen atoms in total. The molecule has 0 aromatic carbocycles. The van der Waals surface area contributed by atoms with Crippen LogP contribution in [0.15, 0.2) is 24.3 Å². The van der Waals surface area contributed by atoms with E-state index in [2.05, 4.69) is 6.92 Å². The van der Waals surface area contributed by atoms with Crippen molar-refractivity contribution in [3.8, 4) is 0 Å². The van der Waals surface area contributed by atoms with Crippen LogP contribution in [0.4, 0.5) is 0 Å². The molecule has 2 unspecified atom stereocenters. The maximum atomic E-state index is 11.4. The van der Waals surface area contributed by atoms with E-state index in [1.165, 1.54) is 6.08 Å². The van der Waals surface area contributed by atoms with E-state index in [-0.39, 0.29) is 11.7 Å². The fourth-order valence-electron chi connectivity index (χ4n) is 1.59. The molecule has 14 heavy (non-hydrogen) atoms. The zero-order chi connectivity index (χ0) is 10.6. The van der Waals surface area contributed by atoms with Crippen LogP contribution in [0.3, 0.4) is 0 Å². The Labute approximate surface area is 85.3 Å². The van der Waals surface area contributed by atoms with Crippen molar-refractivity contribution in [1.29, 1.82) is 0 Å². The largest absolute Gasteiger partial charge is 0.385 e. The van der Waals surface area contributed by atoms with E-state index < -0.39 is 5.60 Å². The van der Waals surface area contributed by atoms with E-state index in [1.54, 1.807) is 13.0 Å². The summed E-state index contributed by atoms with van der Waals surface area (Å²) in [5, 5.41) is 9.82. The third-order valence-corrected chi connectivity index (χ3v) is 2.57. The maximum Gasteiger partial charge on any atom is 0.165 e. The summed E-state index contributed by atoms with van der Waals surface area (Å²) in [6, 6.07) is 0. The Kier molecular flexibility index (Phi) is 3.64. The number of carbonyl (C=O) groups is 1. The molecular formula is C12H18O2. The minimum absolute atomic E-state index is 0.00254. The second kappa shape index (κ2) is 4.56. The maximum absolute atomic E-state index is 11.4. The van der Waals surface area contributed by atoms with Crippen LogP contribution in [-0.2, 0) is 4.79 Å². The number of rotatable bonds is 4. The van der Waals surface area contributed by atoms with Gasteiger partial charge in [-0.05, 0) is 25.5 Å². The molecule has 78 valence electrons. The highest BCUT2D eigenvalue weighted by atomic mass is 16.3. The van der Waals surface area contributed by atoms with Crippen LogP contribution in [-0.4, -0.2) is 16.5 Å². The molecule has 1 aliphatic carbocycles. The lowest BCUT2D eigenvalue weighted by molar-refractivity contribution is -0.119. The van der Waals surface area contributed by atoms with Crippen molar-refractivity contribution in [1.82, 2.24) is 0 Å².